The topological polar surface area (TPSA) is 85.3 Å². The van der Waals surface area contributed by atoms with Crippen molar-refractivity contribution < 1.29 is 9.84 Å². The van der Waals surface area contributed by atoms with Crippen molar-refractivity contribution in [2.75, 3.05) is 30.8 Å². The molecule has 4 N–H and O–H groups in total. The number of ether oxygens (including phenoxy) is 1. The number of benzene rings is 2. The average molecular weight is 542 g/mol. The molecule has 0 fully saturated rings. The summed E-state index contributed by atoms with van der Waals surface area (Å²) in [6, 6.07) is 24.1. The maximum atomic E-state index is 9.08. The molecule has 2 heterocycles. The highest BCUT2D eigenvalue weighted by molar-refractivity contribution is 6.33. The van der Waals surface area contributed by atoms with E-state index in [4.69, 9.17) is 27.2 Å². The average Bonchev–Trinajstić information content (AvgIpc) is 3.30. The van der Waals surface area contributed by atoms with Crippen molar-refractivity contribution in [1.82, 2.24) is 9.55 Å². The molecule has 0 spiro atoms. The van der Waals surface area contributed by atoms with Gasteiger partial charge in [0, 0.05) is 22.8 Å². The summed E-state index contributed by atoms with van der Waals surface area (Å²) in [7, 11) is 0. The van der Waals surface area contributed by atoms with Crippen molar-refractivity contribution in [2.45, 2.75) is 32.7 Å². The first-order valence-corrected chi connectivity index (χ1v) is 12.8. The SMILES string of the molecule is CCCCCOc1ccc(-c2ccc(-c3ccccc3Cl)n2Cc2ccc(NCCO)c(N)n2)cc1.Cl. The molecule has 0 atom stereocenters. The lowest BCUT2D eigenvalue weighted by molar-refractivity contribution is 0.306. The van der Waals surface area contributed by atoms with Gasteiger partial charge in [0.1, 0.15) is 11.6 Å². The van der Waals surface area contributed by atoms with Crippen LogP contribution in [0.25, 0.3) is 22.5 Å². The fourth-order valence-electron chi connectivity index (χ4n) is 4.17. The van der Waals surface area contributed by atoms with Gasteiger partial charge in [-0.3, -0.25) is 0 Å². The molecular weight excluding hydrogens is 507 g/mol. The Bertz CT molecular complexity index is 1280. The molecule has 4 rings (SSSR count). The maximum Gasteiger partial charge on any atom is 0.147 e. The summed E-state index contributed by atoms with van der Waals surface area (Å²) in [6.45, 7) is 3.88. The standard InChI is InChI=1S/C29H33ClN4O2.ClH/c1-2-3-6-19-36-23-12-9-21(10-13-23)27-15-16-28(24-7-4-5-8-25(24)30)34(27)20-22-11-14-26(29(31)33-22)32-17-18-35;/h4-5,7-16,32,35H,2-3,6,17-20H2,1H3,(H2,31,33);1H. The Hall–Kier alpha value is -3.19. The van der Waals surface area contributed by atoms with Crippen molar-refractivity contribution in [3.05, 3.63) is 83.5 Å². The summed E-state index contributed by atoms with van der Waals surface area (Å²) >= 11 is 6.58. The highest BCUT2D eigenvalue weighted by atomic mass is 35.5. The van der Waals surface area contributed by atoms with Gasteiger partial charge in [-0.15, -0.1) is 12.4 Å². The van der Waals surface area contributed by atoms with E-state index in [9.17, 15) is 0 Å². The summed E-state index contributed by atoms with van der Waals surface area (Å²) in [5.74, 6) is 1.28. The first-order valence-electron chi connectivity index (χ1n) is 12.4. The monoisotopic (exact) mass is 540 g/mol. The van der Waals surface area contributed by atoms with Gasteiger partial charge in [0.25, 0.3) is 0 Å². The molecule has 6 nitrogen and oxygen atoms in total. The molecule has 0 aliphatic rings. The molecule has 0 bridgehead atoms. The van der Waals surface area contributed by atoms with E-state index in [2.05, 4.69) is 46.1 Å². The summed E-state index contributed by atoms with van der Waals surface area (Å²) in [5.41, 5.74) is 11.8. The first-order chi connectivity index (χ1) is 17.6. The summed E-state index contributed by atoms with van der Waals surface area (Å²) in [5, 5.41) is 12.9. The van der Waals surface area contributed by atoms with Crippen LogP contribution in [0.15, 0.2) is 72.8 Å². The van der Waals surface area contributed by atoms with Gasteiger partial charge in [-0.05, 0) is 66.6 Å². The molecule has 0 aliphatic heterocycles. The number of nitrogens with zero attached hydrogens (tertiary/aromatic N) is 2. The lowest BCUT2D eigenvalue weighted by atomic mass is 10.1. The lowest BCUT2D eigenvalue weighted by Gasteiger charge is -2.16. The Labute approximate surface area is 229 Å². The van der Waals surface area contributed by atoms with E-state index < -0.39 is 0 Å². The molecule has 0 saturated carbocycles. The van der Waals surface area contributed by atoms with Crippen molar-refractivity contribution in [3.8, 4) is 28.3 Å². The minimum atomic E-state index is 0. The zero-order chi connectivity index (χ0) is 25.3. The number of aliphatic hydroxyl groups is 1. The van der Waals surface area contributed by atoms with Crippen LogP contribution in [0.2, 0.25) is 5.02 Å². The van der Waals surface area contributed by atoms with Crippen LogP contribution in [0.3, 0.4) is 0 Å². The maximum absolute atomic E-state index is 9.08. The Kier molecular flexibility index (Phi) is 10.7. The summed E-state index contributed by atoms with van der Waals surface area (Å²) in [6.07, 6.45) is 3.41. The fraction of sp³-hybridized carbons (Fsp3) is 0.276. The molecule has 2 aromatic carbocycles. The van der Waals surface area contributed by atoms with Crippen LogP contribution < -0.4 is 15.8 Å². The number of unbranched alkanes of at least 4 members (excludes halogenated alkanes) is 2. The quantitative estimate of drug-likeness (QED) is 0.170. The van der Waals surface area contributed by atoms with Gasteiger partial charge in [0.15, 0.2) is 0 Å². The Morgan fingerprint density at radius 1 is 0.973 bits per heavy atom. The van der Waals surface area contributed by atoms with E-state index in [0.29, 0.717) is 29.6 Å². The highest BCUT2D eigenvalue weighted by Gasteiger charge is 2.15. The van der Waals surface area contributed by atoms with Crippen LogP contribution in [-0.4, -0.2) is 34.4 Å². The Balaban J connectivity index is 0.00000380. The Morgan fingerprint density at radius 2 is 1.73 bits per heavy atom. The van der Waals surface area contributed by atoms with E-state index in [1.54, 1.807) is 0 Å². The van der Waals surface area contributed by atoms with Crippen LogP contribution in [0.5, 0.6) is 5.75 Å². The molecule has 0 unspecified atom stereocenters. The van der Waals surface area contributed by atoms with Crippen LogP contribution in [0.1, 0.15) is 31.9 Å². The van der Waals surface area contributed by atoms with Gasteiger partial charge >= 0.3 is 0 Å². The molecule has 0 amide bonds. The van der Waals surface area contributed by atoms with Crippen molar-refractivity contribution in [2.24, 2.45) is 0 Å². The van der Waals surface area contributed by atoms with Crippen LogP contribution in [-0.2, 0) is 6.54 Å². The van der Waals surface area contributed by atoms with E-state index >= 15 is 0 Å². The fourth-order valence-corrected chi connectivity index (χ4v) is 4.40. The normalized spacial score (nSPS) is 10.7. The zero-order valence-corrected chi connectivity index (χ0v) is 22.6. The minimum Gasteiger partial charge on any atom is -0.494 e. The van der Waals surface area contributed by atoms with Crippen LogP contribution >= 0.6 is 24.0 Å². The van der Waals surface area contributed by atoms with E-state index in [0.717, 1.165) is 47.0 Å². The number of anilines is 2. The molecule has 0 aliphatic carbocycles. The second-order valence-electron chi connectivity index (χ2n) is 8.64. The third kappa shape index (κ3) is 7.19. The zero-order valence-electron chi connectivity index (χ0n) is 21.0. The molecule has 4 aromatic rings. The third-order valence-electron chi connectivity index (χ3n) is 6.03. The number of nitrogen functional groups attached to an aromatic ring is 1. The van der Waals surface area contributed by atoms with Crippen LogP contribution in [0, 0.1) is 0 Å². The molecule has 196 valence electrons. The van der Waals surface area contributed by atoms with E-state index in [-0.39, 0.29) is 19.0 Å². The van der Waals surface area contributed by atoms with E-state index in [1.807, 2.05) is 48.5 Å². The van der Waals surface area contributed by atoms with Gasteiger partial charge in [-0.25, -0.2) is 4.98 Å². The van der Waals surface area contributed by atoms with Gasteiger partial charge in [0.05, 0.1) is 36.8 Å². The number of aliphatic hydroxyl groups excluding tert-OH is 1. The summed E-state index contributed by atoms with van der Waals surface area (Å²) < 4.78 is 8.11. The number of hydrogen-bond acceptors (Lipinski definition) is 5. The van der Waals surface area contributed by atoms with Crippen molar-refractivity contribution >= 4 is 35.5 Å². The number of halogens is 2. The van der Waals surface area contributed by atoms with Gasteiger partial charge in [0.2, 0.25) is 0 Å². The molecule has 2 aromatic heterocycles. The molecule has 0 radical (unpaired) electrons. The van der Waals surface area contributed by atoms with Crippen LogP contribution in [0.4, 0.5) is 11.5 Å². The number of hydrogen-bond donors (Lipinski definition) is 3. The first kappa shape index (κ1) is 28.4. The van der Waals surface area contributed by atoms with Gasteiger partial charge in [-0.1, -0.05) is 49.6 Å². The molecule has 0 saturated heterocycles. The molecular formula is C29H34Cl2N4O2. The number of rotatable bonds is 12. The third-order valence-corrected chi connectivity index (χ3v) is 6.36. The number of pyridine rings is 1. The second kappa shape index (κ2) is 13.9. The number of nitrogens with two attached hydrogens (primary N) is 1. The largest absolute Gasteiger partial charge is 0.494 e. The smallest absolute Gasteiger partial charge is 0.147 e. The minimum absolute atomic E-state index is 0. The van der Waals surface area contributed by atoms with Gasteiger partial charge < -0.3 is 25.5 Å². The predicted molar refractivity (Wildman–Crippen MR) is 156 cm³/mol. The predicted octanol–water partition coefficient (Wildman–Crippen LogP) is 6.90. The van der Waals surface area contributed by atoms with E-state index in [1.165, 1.54) is 12.8 Å². The van der Waals surface area contributed by atoms with Crippen molar-refractivity contribution in [1.29, 1.82) is 0 Å². The van der Waals surface area contributed by atoms with Crippen molar-refractivity contribution in [3.63, 3.8) is 0 Å². The van der Waals surface area contributed by atoms with Gasteiger partial charge in [-0.2, -0.15) is 0 Å². The molecule has 37 heavy (non-hydrogen) atoms. The second-order valence-corrected chi connectivity index (χ2v) is 9.04. The molecule has 8 heteroatoms. The Morgan fingerprint density at radius 3 is 2.43 bits per heavy atom. The highest BCUT2D eigenvalue weighted by Crippen LogP contribution is 2.34. The number of aromatic nitrogens is 2. The lowest BCUT2D eigenvalue weighted by Crippen LogP contribution is -2.11. The summed E-state index contributed by atoms with van der Waals surface area (Å²) in [4.78, 5) is 4.62. The number of nitrogens with one attached hydrogen (secondary N) is 1.